The first-order valence-corrected chi connectivity index (χ1v) is 11.9. The van der Waals surface area contributed by atoms with Crippen LogP contribution in [0.15, 0.2) is 74.9 Å². The van der Waals surface area contributed by atoms with E-state index in [1.807, 2.05) is 43.3 Å². The van der Waals surface area contributed by atoms with Gasteiger partial charge in [0.05, 0.1) is 13.2 Å². The molecular weight excluding hydrogens is 444 g/mol. The Morgan fingerprint density at radius 1 is 0.857 bits per heavy atom. The van der Waals surface area contributed by atoms with Gasteiger partial charge in [0.25, 0.3) is 0 Å². The van der Waals surface area contributed by atoms with Crippen LogP contribution in [0.4, 0.5) is 0 Å². The number of benzene rings is 1. The second-order valence-corrected chi connectivity index (χ2v) is 7.13. The van der Waals surface area contributed by atoms with Crippen molar-refractivity contribution in [2.45, 2.75) is 59.3 Å². The Kier molecular flexibility index (Phi) is 29.6. The molecule has 0 saturated carbocycles. The summed E-state index contributed by atoms with van der Waals surface area (Å²) in [5.41, 5.74) is 1.17. The van der Waals surface area contributed by atoms with E-state index in [0.29, 0.717) is 19.1 Å². The Balaban J connectivity index is -0.000000410. The number of unbranched alkanes of at least 4 members (excludes halogenated alkanes) is 2. The minimum absolute atomic E-state index is 0.310. The van der Waals surface area contributed by atoms with E-state index in [2.05, 4.69) is 44.9 Å². The molecule has 0 fully saturated rings. The van der Waals surface area contributed by atoms with E-state index in [-0.39, 0.29) is 11.9 Å². The molecule has 0 aliphatic rings. The van der Waals surface area contributed by atoms with Crippen LogP contribution in [0.1, 0.15) is 64.9 Å². The Labute approximate surface area is 212 Å². The van der Waals surface area contributed by atoms with Gasteiger partial charge in [0.15, 0.2) is 0 Å². The number of carbonyl (C=O) groups is 3. The summed E-state index contributed by atoms with van der Waals surface area (Å²) < 4.78 is 9.66. The average Bonchev–Trinajstić information content (AvgIpc) is 2.90. The van der Waals surface area contributed by atoms with Gasteiger partial charge in [-0.1, -0.05) is 109 Å². The molecule has 6 nitrogen and oxygen atoms in total. The monoisotopic (exact) mass is 488 g/mol. The van der Waals surface area contributed by atoms with E-state index >= 15 is 0 Å². The van der Waals surface area contributed by atoms with Crippen molar-refractivity contribution in [3.8, 4) is 0 Å². The molecule has 0 heterocycles. The van der Waals surface area contributed by atoms with Crippen LogP contribution in [-0.4, -0.2) is 36.2 Å². The summed E-state index contributed by atoms with van der Waals surface area (Å²) >= 11 is 0. The molecule has 0 aliphatic carbocycles. The summed E-state index contributed by atoms with van der Waals surface area (Å²) in [6.07, 6.45) is 11.7. The summed E-state index contributed by atoms with van der Waals surface area (Å²) in [7, 11) is 0. The SMILES string of the molecule is C=CC(=O)O.C=CC(=O)OCC(CC)CCCC.C=CC(=O)OCCCC.C=Cc1ccccc1. The van der Waals surface area contributed by atoms with Gasteiger partial charge in [-0.25, -0.2) is 14.4 Å². The minimum atomic E-state index is -0.981. The Bertz CT molecular complexity index is 709. The van der Waals surface area contributed by atoms with Crippen LogP contribution >= 0.6 is 0 Å². The Morgan fingerprint density at radius 3 is 1.74 bits per heavy atom. The molecule has 0 radical (unpaired) electrons. The zero-order valence-corrected chi connectivity index (χ0v) is 21.7. The van der Waals surface area contributed by atoms with Crippen molar-refractivity contribution in [1.29, 1.82) is 0 Å². The first-order chi connectivity index (χ1) is 16.7. The first-order valence-electron chi connectivity index (χ1n) is 11.9. The lowest BCUT2D eigenvalue weighted by Gasteiger charge is -2.13. The third-order valence-electron chi connectivity index (χ3n) is 4.29. The average molecular weight is 489 g/mol. The van der Waals surface area contributed by atoms with Crippen molar-refractivity contribution in [1.82, 2.24) is 0 Å². The molecule has 196 valence electrons. The molecule has 0 spiro atoms. The maximum Gasteiger partial charge on any atom is 0.330 e. The summed E-state index contributed by atoms with van der Waals surface area (Å²) in [6.45, 7) is 20.6. The lowest BCUT2D eigenvalue weighted by molar-refractivity contribution is -0.139. The van der Waals surface area contributed by atoms with Gasteiger partial charge in [0, 0.05) is 18.2 Å². The van der Waals surface area contributed by atoms with E-state index in [4.69, 9.17) is 9.84 Å². The summed E-state index contributed by atoms with van der Waals surface area (Å²) in [4.78, 5) is 30.4. The third-order valence-corrected chi connectivity index (χ3v) is 4.29. The fourth-order valence-corrected chi connectivity index (χ4v) is 2.12. The van der Waals surface area contributed by atoms with Crippen molar-refractivity contribution in [3.63, 3.8) is 0 Å². The first kappa shape index (κ1) is 36.2. The van der Waals surface area contributed by atoms with Gasteiger partial charge in [-0.05, 0) is 24.3 Å². The lowest BCUT2D eigenvalue weighted by atomic mass is 10.0. The largest absolute Gasteiger partial charge is 0.478 e. The quantitative estimate of drug-likeness (QED) is 0.182. The molecule has 1 aromatic carbocycles. The smallest absolute Gasteiger partial charge is 0.330 e. The number of carboxylic acid groups (broad SMARTS) is 1. The van der Waals surface area contributed by atoms with Gasteiger partial charge in [-0.15, -0.1) is 0 Å². The van der Waals surface area contributed by atoms with Crippen LogP contribution in [0.25, 0.3) is 6.08 Å². The number of esters is 2. The molecule has 0 aliphatic heterocycles. The zero-order valence-electron chi connectivity index (χ0n) is 21.7. The van der Waals surface area contributed by atoms with E-state index < -0.39 is 5.97 Å². The van der Waals surface area contributed by atoms with Gasteiger partial charge in [-0.3, -0.25) is 0 Å². The molecule has 0 aromatic heterocycles. The Morgan fingerprint density at radius 2 is 1.37 bits per heavy atom. The van der Waals surface area contributed by atoms with Crippen LogP contribution in [0.5, 0.6) is 0 Å². The maximum atomic E-state index is 10.8. The predicted octanol–water partition coefficient (Wildman–Crippen LogP) is 7.03. The van der Waals surface area contributed by atoms with Crippen LogP contribution in [0, 0.1) is 5.92 Å². The zero-order chi connectivity index (χ0) is 27.3. The maximum absolute atomic E-state index is 10.8. The van der Waals surface area contributed by atoms with Crippen molar-refractivity contribution < 1.29 is 29.0 Å². The lowest BCUT2D eigenvalue weighted by Crippen LogP contribution is -2.12. The topological polar surface area (TPSA) is 89.9 Å². The van der Waals surface area contributed by atoms with Gasteiger partial charge in [0.2, 0.25) is 0 Å². The van der Waals surface area contributed by atoms with Crippen molar-refractivity contribution in [2.24, 2.45) is 5.92 Å². The summed E-state index contributed by atoms with van der Waals surface area (Å²) in [5, 5.41) is 7.60. The molecular formula is C29H44O6. The highest BCUT2D eigenvalue weighted by molar-refractivity contribution is 5.81. The highest BCUT2D eigenvalue weighted by Crippen LogP contribution is 2.12. The molecule has 1 aromatic rings. The molecule has 6 heteroatoms. The van der Waals surface area contributed by atoms with E-state index in [1.54, 1.807) is 0 Å². The fourth-order valence-electron chi connectivity index (χ4n) is 2.12. The summed E-state index contributed by atoms with van der Waals surface area (Å²) in [6, 6.07) is 10.0. The van der Waals surface area contributed by atoms with Crippen molar-refractivity contribution in [3.05, 3.63) is 80.4 Å². The number of rotatable bonds is 13. The predicted molar refractivity (Wildman–Crippen MR) is 145 cm³/mol. The van der Waals surface area contributed by atoms with E-state index in [0.717, 1.165) is 31.8 Å². The van der Waals surface area contributed by atoms with Crippen molar-refractivity contribution in [2.75, 3.05) is 13.2 Å². The number of hydrogen-bond acceptors (Lipinski definition) is 5. The van der Waals surface area contributed by atoms with Crippen LogP contribution in [0.3, 0.4) is 0 Å². The van der Waals surface area contributed by atoms with E-state index in [1.165, 1.54) is 30.6 Å². The van der Waals surface area contributed by atoms with E-state index in [9.17, 15) is 14.4 Å². The number of carboxylic acids is 1. The molecule has 1 rings (SSSR count). The number of ether oxygens (including phenoxy) is 2. The molecule has 0 amide bonds. The number of hydrogen-bond donors (Lipinski definition) is 1. The van der Waals surface area contributed by atoms with Crippen LogP contribution in [0.2, 0.25) is 0 Å². The molecule has 1 unspecified atom stereocenters. The minimum Gasteiger partial charge on any atom is -0.478 e. The summed E-state index contributed by atoms with van der Waals surface area (Å²) in [5.74, 6) is -1.10. The van der Waals surface area contributed by atoms with Gasteiger partial charge >= 0.3 is 17.9 Å². The van der Waals surface area contributed by atoms with Crippen molar-refractivity contribution >= 4 is 24.0 Å². The van der Waals surface area contributed by atoms with Crippen LogP contribution in [-0.2, 0) is 23.9 Å². The fraction of sp³-hybridized carbons (Fsp3) is 0.414. The highest BCUT2D eigenvalue weighted by atomic mass is 16.5. The van der Waals surface area contributed by atoms with Gasteiger partial charge in [0.1, 0.15) is 0 Å². The third kappa shape index (κ3) is 30.6. The number of aliphatic carboxylic acids is 1. The molecule has 0 bridgehead atoms. The normalized spacial score (nSPS) is 9.57. The standard InChI is InChI=1S/C11H20O2.C8H8.C7H12O2.C3H4O2/c1-4-7-8-10(5-2)9-13-11(12)6-3;1-2-8-6-4-3-5-7-8;1-3-5-6-9-7(8)4-2;1-2-3(4)5/h6,10H,3-5,7-9H2,1-2H3;2-7H,1H2;4H,2-3,5-6H2,1H3;2H,1H2,(H,4,5). The second-order valence-electron chi connectivity index (χ2n) is 7.13. The van der Waals surface area contributed by atoms with Gasteiger partial charge < -0.3 is 14.6 Å². The highest BCUT2D eigenvalue weighted by Gasteiger charge is 2.07. The molecule has 1 atom stereocenters. The Hall–Kier alpha value is -3.41. The number of carbonyl (C=O) groups excluding carboxylic acids is 2. The molecule has 35 heavy (non-hydrogen) atoms. The molecule has 0 saturated heterocycles. The van der Waals surface area contributed by atoms with Gasteiger partial charge in [-0.2, -0.15) is 0 Å². The molecule has 1 N–H and O–H groups in total. The van der Waals surface area contributed by atoms with Crippen LogP contribution < -0.4 is 0 Å². The second kappa shape index (κ2) is 28.6.